The van der Waals surface area contributed by atoms with Crippen molar-refractivity contribution >= 4 is 28.6 Å². The van der Waals surface area contributed by atoms with E-state index in [9.17, 15) is 9.90 Å². The van der Waals surface area contributed by atoms with Gasteiger partial charge in [-0.2, -0.15) is 0 Å². The second-order valence-corrected chi connectivity index (χ2v) is 8.00. The fraction of sp³-hybridized carbons (Fsp3) is 0. The number of allylic oxidation sites excluding steroid dienone is 1. The maximum Gasteiger partial charge on any atom is 0.224 e. The lowest BCUT2D eigenvalue weighted by Gasteiger charge is -2.25. The van der Waals surface area contributed by atoms with Gasteiger partial charge in [-0.05, 0) is 59.7 Å². The van der Waals surface area contributed by atoms with Crippen molar-refractivity contribution in [1.29, 1.82) is 0 Å². The molecule has 5 rings (SSSR count). The molecule has 4 heteroatoms. The van der Waals surface area contributed by atoms with E-state index in [1.54, 1.807) is 24.3 Å². The SMILES string of the molecule is O=C(/C=C(\O)c1ccc(-c2ccc(N(c3ccccc3)c3ccccc3)cc2)cc1)c1ccco1. The summed E-state index contributed by atoms with van der Waals surface area (Å²) in [7, 11) is 0. The zero-order valence-electron chi connectivity index (χ0n) is 18.9. The normalized spacial score (nSPS) is 11.3. The maximum atomic E-state index is 12.1. The van der Waals surface area contributed by atoms with Crippen LogP contribution in [0, 0.1) is 0 Å². The van der Waals surface area contributed by atoms with Crippen LogP contribution in [0.5, 0.6) is 0 Å². The number of aliphatic hydroxyl groups is 1. The molecule has 4 aromatic carbocycles. The molecule has 1 aromatic heterocycles. The van der Waals surface area contributed by atoms with Gasteiger partial charge in [0, 0.05) is 28.7 Å². The highest BCUT2D eigenvalue weighted by molar-refractivity contribution is 6.05. The molecule has 0 amide bonds. The highest BCUT2D eigenvalue weighted by atomic mass is 16.3. The highest BCUT2D eigenvalue weighted by Gasteiger charge is 2.12. The molecule has 0 saturated carbocycles. The van der Waals surface area contributed by atoms with Crippen LogP contribution in [-0.2, 0) is 0 Å². The Morgan fingerprint density at radius 1 is 0.629 bits per heavy atom. The second kappa shape index (κ2) is 9.98. The quantitative estimate of drug-likeness (QED) is 0.152. The van der Waals surface area contributed by atoms with Crippen LogP contribution < -0.4 is 4.90 Å². The van der Waals surface area contributed by atoms with E-state index in [0.29, 0.717) is 5.56 Å². The van der Waals surface area contributed by atoms with Gasteiger partial charge in [-0.25, -0.2) is 0 Å². The van der Waals surface area contributed by atoms with Gasteiger partial charge in [0.15, 0.2) is 5.76 Å². The number of furan rings is 1. The van der Waals surface area contributed by atoms with E-state index < -0.39 is 0 Å². The van der Waals surface area contributed by atoms with E-state index in [-0.39, 0.29) is 17.3 Å². The zero-order chi connectivity index (χ0) is 24.0. The molecule has 4 nitrogen and oxygen atoms in total. The minimum atomic E-state index is -0.381. The van der Waals surface area contributed by atoms with Crippen molar-refractivity contribution in [3.8, 4) is 11.1 Å². The Labute approximate surface area is 204 Å². The third-order valence-corrected chi connectivity index (χ3v) is 5.70. The average molecular weight is 458 g/mol. The van der Waals surface area contributed by atoms with Crippen LogP contribution >= 0.6 is 0 Å². The predicted octanol–water partition coefficient (Wildman–Crippen LogP) is 8.20. The number of aliphatic hydroxyl groups excluding tert-OH is 1. The smallest absolute Gasteiger partial charge is 0.224 e. The third kappa shape index (κ3) is 4.92. The molecule has 1 heterocycles. The molecule has 0 fully saturated rings. The summed E-state index contributed by atoms with van der Waals surface area (Å²) in [4.78, 5) is 14.3. The molecule has 0 bridgehead atoms. The average Bonchev–Trinajstić information content (AvgIpc) is 3.46. The number of para-hydroxylation sites is 2. The van der Waals surface area contributed by atoms with Gasteiger partial charge in [0.1, 0.15) is 5.76 Å². The number of nitrogens with zero attached hydrogens (tertiary/aromatic N) is 1. The molecule has 35 heavy (non-hydrogen) atoms. The predicted molar refractivity (Wildman–Crippen MR) is 140 cm³/mol. The molecule has 0 saturated heterocycles. The molecular weight excluding hydrogens is 434 g/mol. The molecule has 5 aromatic rings. The Bertz CT molecular complexity index is 1380. The van der Waals surface area contributed by atoms with Gasteiger partial charge in [-0.1, -0.05) is 72.8 Å². The van der Waals surface area contributed by atoms with Crippen molar-refractivity contribution < 1.29 is 14.3 Å². The van der Waals surface area contributed by atoms with Crippen molar-refractivity contribution in [2.75, 3.05) is 4.90 Å². The number of carbonyl (C=O) groups is 1. The molecule has 0 atom stereocenters. The summed E-state index contributed by atoms with van der Waals surface area (Å²) in [5, 5.41) is 10.4. The Morgan fingerprint density at radius 2 is 1.14 bits per heavy atom. The van der Waals surface area contributed by atoms with Crippen molar-refractivity contribution in [1.82, 2.24) is 0 Å². The van der Waals surface area contributed by atoms with Crippen LogP contribution in [0.25, 0.3) is 16.9 Å². The largest absolute Gasteiger partial charge is 0.507 e. The minimum Gasteiger partial charge on any atom is -0.507 e. The first-order valence-electron chi connectivity index (χ1n) is 11.3. The standard InChI is InChI=1S/C31H23NO3/c33-29(22-30(34)31-12-7-21-35-31)25-15-13-23(14-16-25)24-17-19-28(20-18-24)32(26-8-3-1-4-9-26)27-10-5-2-6-11-27/h1-22,33H/b29-22-. The summed E-state index contributed by atoms with van der Waals surface area (Å²) in [5.74, 6) is -0.295. The molecule has 0 aliphatic rings. The zero-order valence-corrected chi connectivity index (χ0v) is 18.9. The Kier molecular flexibility index (Phi) is 6.27. The van der Waals surface area contributed by atoms with Crippen LogP contribution in [0.1, 0.15) is 16.1 Å². The summed E-state index contributed by atoms with van der Waals surface area (Å²) in [5.41, 5.74) is 5.85. The molecule has 1 N–H and O–H groups in total. The van der Waals surface area contributed by atoms with Gasteiger partial charge in [0.2, 0.25) is 5.78 Å². The minimum absolute atomic E-state index is 0.102. The second-order valence-electron chi connectivity index (χ2n) is 8.00. The summed E-state index contributed by atoms with van der Waals surface area (Å²) >= 11 is 0. The number of ketones is 1. The highest BCUT2D eigenvalue weighted by Crippen LogP contribution is 2.35. The Morgan fingerprint density at radius 3 is 1.66 bits per heavy atom. The summed E-state index contributed by atoms with van der Waals surface area (Å²) in [6.45, 7) is 0. The molecular formula is C31H23NO3. The number of carbonyl (C=O) groups excluding carboxylic acids is 1. The first-order chi connectivity index (χ1) is 17.2. The number of hydrogen-bond donors (Lipinski definition) is 1. The van der Waals surface area contributed by atoms with Gasteiger partial charge in [-0.15, -0.1) is 0 Å². The first-order valence-corrected chi connectivity index (χ1v) is 11.3. The first kappa shape index (κ1) is 22.0. The van der Waals surface area contributed by atoms with E-state index in [2.05, 4.69) is 53.4 Å². The summed E-state index contributed by atoms with van der Waals surface area (Å²) in [6.07, 6.45) is 2.60. The van der Waals surface area contributed by atoms with Crippen LogP contribution in [0.3, 0.4) is 0 Å². The summed E-state index contributed by atoms with van der Waals surface area (Å²) < 4.78 is 5.08. The molecule has 0 unspecified atom stereocenters. The number of rotatable bonds is 7. The number of benzene rings is 4. The van der Waals surface area contributed by atoms with Crippen LogP contribution in [0.4, 0.5) is 17.1 Å². The van der Waals surface area contributed by atoms with Crippen molar-refractivity contribution in [2.45, 2.75) is 0 Å². The maximum absolute atomic E-state index is 12.1. The summed E-state index contributed by atoms with van der Waals surface area (Å²) in [6, 6.07) is 39.6. The van der Waals surface area contributed by atoms with Crippen molar-refractivity contribution in [3.05, 3.63) is 145 Å². The van der Waals surface area contributed by atoms with Gasteiger partial charge in [0.05, 0.1) is 6.26 Å². The monoisotopic (exact) mass is 457 g/mol. The fourth-order valence-corrected chi connectivity index (χ4v) is 3.94. The fourth-order valence-electron chi connectivity index (χ4n) is 3.94. The van der Waals surface area contributed by atoms with Crippen LogP contribution in [-0.4, -0.2) is 10.9 Å². The Hall–Kier alpha value is -4.83. The lowest BCUT2D eigenvalue weighted by molar-refractivity contribution is 0.102. The Balaban J connectivity index is 1.39. The molecule has 170 valence electrons. The van der Waals surface area contributed by atoms with E-state index in [0.717, 1.165) is 28.2 Å². The van der Waals surface area contributed by atoms with E-state index in [4.69, 9.17) is 4.42 Å². The molecule has 0 radical (unpaired) electrons. The molecule has 0 aliphatic heterocycles. The molecule has 0 aliphatic carbocycles. The van der Waals surface area contributed by atoms with Crippen LogP contribution in [0.15, 0.2) is 138 Å². The van der Waals surface area contributed by atoms with Gasteiger partial charge in [-0.3, -0.25) is 4.79 Å². The lowest BCUT2D eigenvalue weighted by atomic mass is 10.0. The van der Waals surface area contributed by atoms with Crippen molar-refractivity contribution in [3.63, 3.8) is 0 Å². The number of anilines is 3. The van der Waals surface area contributed by atoms with E-state index in [1.807, 2.05) is 48.5 Å². The van der Waals surface area contributed by atoms with Gasteiger partial charge in [0.25, 0.3) is 0 Å². The topological polar surface area (TPSA) is 53.7 Å². The van der Waals surface area contributed by atoms with Gasteiger partial charge < -0.3 is 14.4 Å². The lowest BCUT2D eigenvalue weighted by Crippen LogP contribution is -2.09. The van der Waals surface area contributed by atoms with E-state index in [1.165, 1.54) is 12.3 Å². The van der Waals surface area contributed by atoms with E-state index >= 15 is 0 Å². The van der Waals surface area contributed by atoms with Crippen LogP contribution in [0.2, 0.25) is 0 Å². The third-order valence-electron chi connectivity index (χ3n) is 5.70. The van der Waals surface area contributed by atoms with Crippen molar-refractivity contribution in [2.24, 2.45) is 0 Å². The number of hydrogen-bond acceptors (Lipinski definition) is 4. The van der Waals surface area contributed by atoms with Gasteiger partial charge >= 0.3 is 0 Å². The molecule has 0 spiro atoms.